The zero-order valence-electron chi connectivity index (χ0n) is 16.2. The van der Waals surface area contributed by atoms with Gasteiger partial charge in [0.15, 0.2) is 0 Å². The highest BCUT2D eigenvalue weighted by molar-refractivity contribution is 5.18. The first-order chi connectivity index (χ1) is 11.5. The Bertz CT molecular complexity index is 477. The highest BCUT2D eigenvalue weighted by atomic mass is 14.9. The SMILES string of the molecule is C[C@]12CC[C@@]3(N)[C@@H](CC[C@@H]4CCCC[C@@]43C)C1CCC2CCCN. The van der Waals surface area contributed by atoms with Crippen LogP contribution in [-0.2, 0) is 0 Å². The molecule has 4 N–H and O–H groups in total. The zero-order valence-corrected chi connectivity index (χ0v) is 16.2. The molecule has 0 aliphatic heterocycles. The number of fused-ring (bicyclic) bond motifs is 5. The van der Waals surface area contributed by atoms with E-state index in [0.717, 1.165) is 30.2 Å². The van der Waals surface area contributed by atoms with E-state index in [4.69, 9.17) is 11.5 Å². The molecule has 0 heterocycles. The van der Waals surface area contributed by atoms with Crippen LogP contribution in [0, 0.1) is 34.5 Å². The van der Waals surface area contributed by atoms with Crippen LogP contribution in [0.4, 0.5) is 0 Å². The van der Waals surface area contributed by atoms with Gasteiger partial charge in [-0.3, -0.25) is 0 Å². The molecule has 138 valence electrons. The third kappa shape index (κ3) is 2.21. The first-order valence-electron chi connectivity index (χ1n) is 10.9. The van der Waals surface area contributed by atoms with Gasteiger partial charge in [0.2, 0.25) is 0 Å². The van der Waals surface area contributed by atoms with Gasteiger partial charge in [-0.05, 0) is 105 Å². The molecule has 2 heteroatoms. The standard InChI is InChI=1S/C22H40N2/c1-20-13-14-22(24)19(18(20)10-8-16(20)7-5-15-23)11-9-17-6-3-4-12-21(17,22)2/h16-19H,3-15,23-24H2,1-2H3/t16?,17-,18?,19-,20+,21-,22+/m0/s1. The fourth-order valence-corrected chi connectivity index (χ4v) is 8.28. The minimum absolute atomic E-state index is 0.128. The van der Waals surface area contributed by atoms with Gasteiger partial charge in [-0.2, -0.15) is 0 Å². The molecule has 0 spiro atoms. The summed E-state index contributed by atoms with van der Waals surface area (Å²) in [5.41, 5.74) is 14.3. The van der Waals surface area contributed by atoms with Crippen molar-refractivity contribution in [3.05, 3.63) is 0 Å². The van der Waals surface area contributed by atoms with Gasteiger partial charge in [0.1, 0.15) is 0 Å². The van der Waals surface area contributed by atoms with E-state index in [1.807, 2.05) is 0 Å². The van der Waals surface area contributed by atoms with Crippen molar-refractivity contribution in [2.45, 2.75) is 96.4 Å². The molecule has 0 aromatic rings. The second kappa shape index (κ2) is 5.98. The van der Waals surface area contributed by atoms with Gasteiger partial charge in [-0.1, -0.05) is 26.7 Å². The van der Waals surface area contributed by atoms with Crippen LogP contribution < -0.4 is 11.5 Å². The lowest BCUT2D eigenvalue weighted by Crippen LogP contribution is -2.69. The summed E-state index contributed by atoms with van der Waals surface area (Å²) < 4.78 is 0. The normalized spacial score (nSPS) is 54.0. The van der Waals surface area contributed by atoms with Crippen LogP contribution in [0.3, 0.4) is 0 Å². The van der Waals surface area contributed by atoms with Crippen molar-refractivity contribution in [3.8, 4) is 0 Å². The Morgan fingerprint density at radius 1 is 0.875 bits per heavy atom. The summed E-state index contributed by atoms with van der Waals surface area (Å²) in [5, 5.41) is 0. The summed E-state index contributed by atoms with van der Waals surface area (Å²) in [6.45, 7) is 6.08. The Morgan fingerprint density at radius 3 is 2.46 bits per heavy atom. The van der Waals surface area contributed by atoms with Gasteiger partial charge in [0.05, 0.1) is 0 Å². The first-order valence-corrected chi connectivity index (χ1v) is 10.9. The van der Waals surface area contributed by atoms with Crippen LogP contribution in [0.25, 0.3) is 0 Å². The Hall–Kier alpha value is -0.0800. The average Bonchev–Trinajstić information content (AvgIpc) is 2.90. The van der Waals surface area contributed by atoms with Crippen LogP contribution in [0.1, 0.15) is 90.9 Å². The van der Waals surface area contributed by atoms with Gasteiger partial charge in [-0.25, -0.2) is 0 Å². The van der Waals surface area contributed by atoms with E-state index in [0.29, 0.717) is 10.8 Å². The van der Waals surface area contributed by atoms with E-state index in [-0.39, 0.29) is 5.54 Å². The topological polar surface area (TPSA) is 52.0 Å². The second-order valence-corrected chi connectivity index (χ2v) is 10.4. The molecule has 4 aliphatic carbocycles. The van der Waals surface area contributed by atoms with Crippen molar-refractivity contribution in [2.24, 2.45) is 46.0 Å². The van der Waals surface area contributed by atoms with E-state index in [9.17, 15) is 0 Å². The second-order valence-electron chi connectivity index (χ2n) is 10.4. The first kappa shape index (κ1) is 17.3. The Balaban J connectivity index is 1.61. The maximum atomic E-state index is 7.39. The lowest BCUT2D eigenvalue weighted by atomic mass is 9.41. The molecular formula is C22H40N2. The predicted octanol–water partition coefficient (Wildman–Crippen LogP) is 4.86. The molecule has 2 nitrogen and oxygen atoms in total. The maximum Gasteiger partial charge on any atom is 0.0243 e. The average molecular weight is 333 g/mol. The lowest BCUT2D eigenvalue weighted by Gasteiger charge is -2.66. The third-order valence-corrected chi connectivity index (χ3v) is 9.88. The summed E-state index contributed by atoms with van der Waals surface area (Å²) in [7, 11) is 0. The minimum Gasteiger partial charge on any atom is -0.330 e. The van der Waals surface area contributed by atoms with Gasteiger partial charge in [-0.15, -0.1) is 0 Å². The van der Waals surface area contributed by atoms with Crippen molar-refractivity contribution in [1.82, 2.24) is 0 Å². The number of nitrogens with two attached hydrogens (primary N) is 2. The molecule has 0 saturated heterocycles. The van der Waals surface area contributed by atoms with Crippen LogP contribution in [-0.4, -0.2) is 12.1 Å². The Labute approximate surface area is 149 Å². The van der Waals surface area contributed by atoms with Crippen molar-refractivity contribution >= 4 is 0 Å². The molecule has 4 aliphatic rings. The van der Waals surface area contributed by atoms with Crippen LogP contribution in [0.5, 0.6) is 0 Å². The summed E-state index contributed by atoms with van der Waals surface area (Å²) in [6.07, 6.45) is 16.7. The number of hydrogen-bond acceptors (Lipinski definition) is 2. The van der Waals surface area contributed by atoms with Crippen molar-refractivity contribution < 1.29 is 0 Å². The van der Waals surface area contributed by atoms with Gasteiger partial charge < -0.3 is 11.5 Å². The lowest BCUT2D eigenvalue weighted by molar-refractivity contribution is -0.129. The molecule has 0 amide bonds. The molecule has 4 saturated carbocycles. The predicted molar refractivity (Wildman–Crippen MR) is 102 cm³/mol. The quantitative estimate of drug-likeness (QED) is 0.775. The summed E-state index contributed by atoms with van der Waals surface area (Å²) in [6, 6.07) is 0. The highest BCUT2D eigenvalue weighted by Crippen LogP contribution is 2.68. The fourth-order valence-electron chi connectivity index (χ4n) is 8.28. The van der Waals surface area contributed by atoms with Crippen LogP contribution >= 0.6 is 0 Å². The van der Waals surface area contributed by atoms with Gasteiger partial charge in [0.25, 0.3) is 0 Å². The smallest absolute Gasteiger partial charge is 0.0243 e. The van der Waals surface area contributed by atoms with Crippen molar-refractivity contribution in [3.63, 3.8) is 0 Å². The molecule has 0 bridgehead atoms. The van der Waals surface area contributed by atoms with Crippen LogP contribution in [0.15, 0.2) is 0 Å². The Morgan fingerprint density at radius 2 is 1.67 bits per heavy atom. The molecular weight excluding hydrogens is 292 g/mol. The molecule has 0 aromatic carbocycles. The minimum atomic E-state index is 0.128. The van der Waals surface area contributed by atoms with Crippen molar-refractivity contribution in [1.29, 1.82) is 0 Å². The number of rotatable bonds is 3. The molecule has 2 unspecified atom stereocenters. The monoisotopic (exact) mass is 332 g/mol. The van der Waals surface area contributed by atoms with E-state index in [1.54, 1.807) is 0 Å². The molecule has 0 radical (unpaired) electrons. The van der Waals surface area contributed by atoms with Gasteiger partial charge in [0, 0.05) is 5.54 Å². The van der Waals surface area contributed by atoms with E-state index >= 15 is 0 Å². The summed E-state index contributed by atoms with van der Waals surface area (Å²) in [5.74, 6) is 3.50. The van der Waals surface area contributed by atoms with E-state index in [1.165, 1.54) is 77.0 Å². The Kier molecular flexibility index (Phi) is 4.32. The molecule has 4 fully saturated rings. The van der Waals surface area contributed by atoms with E-state index < -0.39 is 0 Å². The largest absolute Gasteiger partial charge is 0.330 e. The number of hydrogen-bond donors (Lipinski definition) is 2. The van der Waals surface area contributed by atoms with Gasteiger partial charge >= 0.3 is 0 Å². The maximum absolute atomic E-state index is 7.39. The molecule has 4 rings (SSSR count). The molecule has 7 atom stereocenters. The van der Waals surface area contributed by atoms with E-state index in [2.05, 4.69) is 13.8 Å². The fraction of sp³-hybridized carbons (Fsp3) is 1.00. The third-order valence-electron chi connectivity index (χ3n) is 9.88. The summed E-state index contributed by atoms with van der Waals surface area (Å²) in [4.78, 5) is 0. The van der Waals surface area contributed by atoms with Crippen molar-refractivity contribution in [2.75, 3.05) is 6.54 Å². The zero-order chi connectivity index (χ0) is 17.0. The summed E-state index contributed by atoms with van der Waals surface area (Å²) >= 11 is 0. The molecule has 24 heavy (non-hydrogen) atoms. The molecule has 0 aromatic heterocycles. The highest BCUT2D eigenvalue weighted by Gasteiger charge is 2.65. The van der Waals surface area contributed by atoms with Crippen LogP contribution in [0.2, 0.25) is 0 Å².